The fourth-order valence-electron chi connectivity index (χ4n) is 1.71. The largest absolute Gasteiger partial charge is 0.327 e. The Morgan fingerprint density at radius 2 is 2.07 bits per heavy atom. The van der Waals surface area contributed by atoms with E-state index in [0.717, 1.165) is 17.7 Å². The van der Waals surface area contributed by atoms with E-state index in [4.69, 9.17) is 5.73 Å². The normalized spacial score (nSPS) is 25.9. The predicted molar refractivity (Wildman–Crippen MR) is 68.4 cm³/mol. The van der Waals surface area contributed by atoms with Gasteiger partial charge in [-0.25, -0.2) is 0 Å². The second-order valence-electron chi connectivity index (χ2n) is 4.39. The smallest absolute Gasteiger partial charge is 0.0198 e. The third-order valence-corrected chi connectivity index (χ3v) is 4.01. The lowest BCUT2D eigenvalue weighted by Gasteiger charge is -2.35. The first-order chi connectivity index (χ1) is 6.09. The standard InChI is InChI=1S/C10H22N2S.ClH/c1-8(2)10-7-12(4-5-13-10)6-9(3)11;/h8-10H,4-7,11H2,1-3H3;1H. The number of rotatable bonds is 3. The Morgan fingerprint density at radius 1 is 1.43 bits per heavy atom. The first kappa shape index (κ1) is 14.6. The Labute approximate surface area is 98.4 Å². The summed E-state index contributed by atoms with van der Waals surface area (Å²) in [7, 11) is 0. The molecule has 2 N–H and O–H groups in total. The molecule has 1 fully saturated rings. The van der Waals surface area contributed by atoms with Crippen molar-refractivity contribution in [1.29, 1.82) is 0 Å². The van der Waals surface area contributed by atoms with Crippen molar-refractivity contribution in [1.82, 2.24) is 4.90 Å². The lowest BCUT2D eigenvalue weighted by atomic mass is 10.1. The molecule has 0 radical (unpaired) electrons. The molecule has 0 aromatic rings. The van der Waals surface area contributed by atoms with Crippen LogP contribution in [0.1, 0.15) is 20.8 Å². The maximum atomic E-state index is 5.80. The lowest BCUT2D eigenvalue weighted by molar-refractivity contribution is 0.257. The molecule has 0 saturated carbocycles. The van der Waals surface area contributed by atoms with Gasteiger partial charge in [-0.15, -0.1) is 12.4 Å². The Kier molecular flexibility index (Phi) is 7.21. The van der Waals surface area contributed by atoms with Crippen LogP contribution in [-0.4, -0.2) is 41.6 Å². The van der Waals surface area contributed by atoms with Crippen molar-refractivity contribution in [3.63, 3.8) is 0 Å². The summed E-state index contributed by atoms with van der Waals surface area (Å²) in [6.07, 6.45) is 0. The molecule has 2 nitrogen and oxygen atoms in total. The highest BCUT2D eigenvalue weighted by Crippen LogP contribution is 2.24. The van der Waals surface area contributed by atoms with Crippen LogP contribution in [0.15, 0.2) is 0 Å². The van der Waals surface area contributed by atoms with Crippen molar-refractivity contribution in [3.8, 4) is 0 Å². The van der Waals surface area contributed by atoms with E-state index in [1.165, 1.54) is 18.8 Å². The third kappa shape index (κ3) is 4.87. The average Bonchev–Trinajstić information content (AvgIpc) is 2.03. The van der Waals surface area contributed by atoms with Crippen molar-refractivity contribution < 1.29 is 0 Å². The summed E-state index contributed by atoms with van der Waals surface area (Å²) in [5, 5.41) is 0.812. The number of nitrogens with two attached hydrogens (primary N) is 1. The molecule has 1 heterocycles. The van der Waals surface area contributed by atoms with Gasteiger partial charge in [0, 0.05) is 36.7 Å². The summed E-state index contributed by atoms with van der Waals surface area (Å²) in [6, 6.07) is 0.316. The Balaban J connectivity index is 0.00000169. The molecule has 0 spiro atoms. The van der Waals surface area contributed by atoms with E-state index in [0.29, 0.717) is 6.04 Å². The highest BCUT2D eigenvalue weighted by molar-refractivity contribution is 8.00. The number of hydrogen-bond acceptors (Lipinski definition) is 3. The van der Waals surface area contributed by atoms with Crippen LogP contribution in [0, 0.1) is 5.92 Å². The summed E-state index contributed by atoms with van der Waals surface area (Å²) >= 11 is 2.12. The molecule has 0 aromatic heterocycles. The van der Waals surface area contributed by atoms with E-state index < -0.39 is 0 Å². The maximum absolute atomic E-state index is 5.80. The van der Waals surface area contributed by atoms with Gasteiger partial charge in [0.25, 0.3) is 0 Å². The van der Waals surface area contributed by atoms with Crippen LogP contribution in [0.25, 0.3) is 0 Å². The van der Waals surface area contributed by atoms with Gasteiger partial charge in [-0.2, -0.15) is 11.8 Å². The molecule has 0 aliphatic carbocycles. The van der Waals surface area contributed by atoms with E-state index in [-0.39, 0.29) is 12.4 Å². The summed E-state index contributed by atoms with van der Waals surface area (Å²) in [4.78, 5) is 2.51. The lowest BCUT2D eigenvalue weighted by Crippen LogP contribution is -2.44. The number of hydrogen-bond donors (Lipinski definition) is 1. The fourth-order valence-corrected chi connectivity index (χ4v) is 3.08. The molecular formula is C10H23ClN2S. The molecule has 1 rings (SSSR count). The van der Waals surface area contributed by atoms with E-state index >= 15 is 0 Å². The van der Waals surface area contributed by atoms with Crippen molar-refractivity contribution >= 4 is 24.2 Å². The summed E-state index contributed by atoms with van der Waals surface area (Å²) in [6.45, 7) is 10.2. The van der Waals surface area contributed by atoms with Crippen molar-refractivity contribution in [3.05, 3.63) is 0 Å². The van der Waals surface area contributed by atoms with Gasteiger partial charge < -0.3 is 5.73 Å². The van der Waals surface area contributed by atoms with Crippen LogP contribution in [-0.2, 0) is 0 Å². The zero-order chi connectivity index (χ0) is 9.84. The molecule has 2 unspecified atom stereocenters. The minimum absolute atomic E-state index is 0. The van der Waals surface area contributed by atoms with Gasteiger partial charge in [0.1, 0.15) is 0 Å². The second-order valence-corrected chi connectivity index (χ2v) is 5.74. The van der Waals surface area contributed by atoms with Gasteiger partial charge in [-0.1, -0.05) is 13.8 Å². The number of halogens is 1. The van der Waals surface area contributed by atoms with Crippen LogP contribution in [0.4, 0.5) is 0 Å². The van der Waals surface area contributed by atoms with Gasteiger partial charge in [-0.05, 0) is 12.8 Å². The van der Waals surface area contributed by atoms with Gasteiger partial charge in [0.15, 0.2) is 0 Å². The first-order valence-corrected chi connectivity index (χ1v) is 6.24. The summed E-state index contributed by atoms with van der Waals surface area (Å²) in [5.41, 5.74) is 5.80. The van der Waals surface area contributed by atoms with Crippen LogP contribution >= 0.6 is 24.2 Å². The zero-order valence-electron chi connectivity index (χ0n) is 9.40. The second kappa shape index (κ2) is 6.94. The van der Waals surface area contributed by atoms with Crippen LogP contribution in [0.5, 0.6) is 0 Å². The van der Waals surface area contributed by atoms with E-state index in [1.54, 1.807) is 0 Å². The molecule has 1 aliphatic heterocycles. The van der Waals surface area contributed by atoms with Gasteiger partial charge in [0.2, 0.25) is 0 Å². The van der Waals surface area contributed by atoms with Crippen LogP contribution in [0.3, 0.4) is 0 Å². The molecule has 0 aromatic carbocycles. The summed E-state index contributed by atoms with van der Waals surface area (Å²) < 4.78 is 0. The molecule has 1 saturated heterocycles. The Hall–Kier alpha value is 0.560. The minimum atomic E-state index is 0. The van der Waals surface area contributed by atoms with Gasteiger partial charge in [0.05, 0.1) is 0 Å². The van der Waals surface area contributed by atoms with Crippen molar-refractivity contribution in [2.75, 3.05) is 25.4 Å². The zero-order valence-corrected chi connectivity index (χ0v) is 11.0. The van der Waals surface area contributed by atoms with Crippen molar-refractivity contribution in [2.24, 2.45) is 11.7 Å². The van der Waals surface area contributed by atoms with Crippen LogP contribution < -0.4 is 5.73 Å². The van der Waals surface area contributed by atoms with E-state index in [1.807, 2.05) is 0 Å². The number of thioether (sulfide) groups is 1. The van der Waals surface area contributed by atoms with Gasteiger partial charge in [-0.3, -0.25) is 4.90 Å². The predicted octanol–water partition coefficient (Wildman–Crippen LogP) is 1.83. The minimum Gasteiger partial charge on any atom is -0.327 e. The molecule has 4 heteroatoms. The summed E-state index contributed by atoms with van der Waals surface area (Å²) in [5.74, 6) is 2.07. The molecule has 1 aliphatic rings. The molecule has 86 valence electrons. The quantitative estimate of drug-likeness (QED) is 0.814. The van der Waals surface area contributed by atoms with E-state index in [9.17, 15) is 0 Å². The average molecular weight is 239 g/mol. The number of nitrogens with zero attached hydrogens (tertiary/aromatic N) is 1. The van der Waals surface area contributed by atoms with E-state index in [2.05, 4.69) is 37.4 Å². The Bertz CT molecular complexity index is 153. The van der Waals surface area contributed by atoms with Crippen LogP contribution in [0.2, 0.25) is 0 Å². The monoisotopic (exact) mass is 238 g/mol. The molecule has 0 amide bonds. The maximum Gasteiger partial charge on any atom is 0.0198 e. The molecular weight excluding hydrogens is 216 g/mol. The fraction of sp³-hybridized carbons (Fsp3) is 1.00. The van der Waals surface area contributed by atoms with Crippen molar-refractivity contribution in [2.45, 2.75) is 32.1 Å². The topological polar surface area (TPSA) is 29.3 Å². The molecule has 14 heavy (non-hydrogen) atoms. The highest BCUT2D eigenvalue weighted by Gasteiger charge is 2.22. The molecule has 2 atom stereocenters. The first-order valence-electron chi connectivity index (χ1n) is 5.19. The third-order valence-electron chi connectivity index (χ3n) is 2.47. The SMILES string of the molecule is CC(N)CN1CCSC(C(C)C)C1.Cl. The Morgan fingerprint density at radius 3 is 2.57 bits per heavy atom. The molecule has 0 bridgehead atoms. The van der Waals surface area contributed by atoms with Gasteiger partial charge >= 0.3 is 0 Å². The highest BCUT2D eigenvalue weighted by atomic mass is 35.5.